The van der Waals surface area contributed by atoms with Crippen molar-refractivity contribution in [1.29, 1.82) is 0 Å². The highest BCUT2D eigenvalue weighted by Gasteiger charge is 2.43. The first-order valence-corrected chi connectivity index (χ1v) is 10.7. The van der Waals surface area contributed by atoms with Gasteiger partial charge in [0.25, 0.3) is 0 Å². The third-order valence-electron chi connectivity index (χ3n) is 6.03. The Morgan fingerprint density at radius 1 is 1.27 bits per heavy atom. The third-order valence-corrected chi connectivity index (χ3v) is 6.51. The first-order chi connectivity index (χ1) is 14.2. The number of aromatic amines is 1. The summed E-state index contributed by atoms with van der Waals surface area (Å²) in [6.45, 7) is 7.71. The van der Waals surface area contributed by atoms with Crippen LogP contribution in [0.25, 0.3) is 22.3 Å². The predicted molar refractivity (Wildman–Crippen MR) is 119 cm³/mol. The average molecular weight is 452 g/mol. The molecule has 0 spiro atoms. The van der Waals surface area contributed by atoms with Gasteiger partial charge in [-0.3, -0.25) is 0 Å². The third kappa shape index (κ3) is 3.54. The summed E-state index contributed by atoms with van der Waals surface area (Å²) >= 11 is 12.5. The molecule has 160 valence electrons. The molecular weight excluding hydrogens is 428 g/mol. The zero-order valence-corrected chi connectivity index (χ0v) is 18.5. The van der Waals surface area contributed by atoms with E-state index in [1.807, 2.05) is 4.90 Å². The molecule has 3 aromatic rings. The van der Waals surface area contributed by atoms with E-state index in [0.29, 0.717) is 47.1 Å². The van der Waals surface area contributed by atoms with Crippen LogP contribution >= 0.6 is 23.2 Å². The molecule has 4 heterocycles. The van der Waals surface area contributed by atoms with Crippen LogP contribution < -0.4 is 10.2 Å². The van der Waals surface area contributed by atoms with E-state index in [9.17, 15) is 9.50 Å². The van der Waals surface area contributed by atoms with Gasteiger partial charge in [-0.15, -0.1) is 0 Å². The Morgan fingerprint density at radius 2 is 2.03 bits per heavy atom. The number of anilines is 1. The maximum Gasteiger partial charge on any atom is 0.151 e. The van der Waals surface area contributed by atoms with Gasteiger partial charge >= 0.3 is 0 Å². The van der Waals surface area contributed by atoms with Gasteiger partial charge in [0.05, 0.1) is 21.7 Å². The van der Waals surface area contributed by atoms with E-state index in [1.54, 1.807) is 19.2 Å². The lowest BCUT2D eigenvalue weighted by molar-refractivity contribution is 0.0385. The molecular formula is C21H24Cl2FN5O. The molecule has 0 saturated carbocycles. The van der Waals surface area contributed by atoms with E-state index < -0.39 is 17.5 Å². The summed E-state index contributed by atoms with van der Waals surface area (Å²) in [6, 6.07) is 3.02. The first kappa shape index (κ1) is 21.3. The number of nitrogens with one attached hydrogen (secondary N) is 2. The van der Waals surface area contributed by atoms with Crippen LogP contribution in [0.3, 0.4) is 0 Å². The first-order valence-electron chi connectivity index (χ1n) is 9.90. The molecule has 3 aromatic heterocycles. The standard InChI is InChI=1S/C21H24Cl2FN5O/c1-11(2)21(12(3)30)10-29(5-4-27-21)20-16(23)7-17(24)18(28-20)15-9-26-19-14(15)6-13(22)8-25-19/h6-9,11-12,27,30H,4-5,10H2,1-3H3,(H,25,26)/t12-,21-/m0/s1. The Balaban J connectivity index is 1.79. The molecule has 1 aliphatic rings. The van der Waals surface area contributed by atoms with Gasteiger partial charge in [0, 0.05) is 43.0 Å². The van der Waals surface area contributed by atoms with Crippen molar-refractivity contribution in [3.8, 4) is 11.3 Å². The van der Waals surface area contributed by atoms with Gasteiger partial charge in [-0.05, 0) is 25.0 Å². The Morgan fingerprint density at radius 3 is 2.73 bits per heavy atom. The maximum atomic E-state index is 14.9. The molecule has 0 aromatic carbocycles. The Hall–Kier alpha value is -1.93. The fourth-order valence-corrected chi connectivity index (χ4v) is 4.66. The van der Waals surface area contributed by atoms with E-state index >= 15 is 0 Å². The highest BCUT2D eigenvalue weighted by molar-refractivity contribution is 6.33. The zero-order chi connectivity index (χ0) is 21.6. The predicted octanol–water partition coefficient (Wildman–Crippen LogP) is 4.26. The minimum atomic E-state index is -0.583. The second-order valence-electron chi connectivity index (χ2n) is 8.10. The topological polar surface area (TPSA) is 77.1 Å². The molecule has 0 bridgehead atoms. The van der Waals surface area contributed by atoms with Gasteiger partial charge in [-0.1, -0.05) is 37.0 Å². The molecule has 2 atom stereocenters. The average Bonchev–Trinajstić information content (AvgIpc) is 3.10. The van der Waals surface area contributed by atoms with E-state index in [0.717, 1.165) is 0 Å². The number of aliphatic hydroxyl groups is 1. The summed E-state index contributed by atoms with van der Waals surface area (Å²) in [4.78, 5) is 13.9. The number of rotatable bonds is 4. The number of aliphatic hydroxyl groups excluding tert-OH is 1. The van der Waals surface area contributed by atoms with Crippen molar-refractivity contribution in [3.05, 3.63) is 40.4 Å². The number of hydrogen-bond donors (Lipinski definition) is 3. The van der Waals surface area contributed by atoms with Crippen LogP contribution in [0.15, 0.2) is 24.5 Å². The van der Waals surface area contributed by atoms with E-state index in [4.69, 9.17) is 23.2 Å². The fraction of sp³-hybridized carbons (Fsp3) is 0.429. The van der Waals surface area contributed by atoms with E-state index in [2.05, 4.69) is 34.1 Å². The Bertz CT molecular complexity index is 1080. The van der Waals surface area contributed by atoms with E-state index in [1.165, 1.54) is 12.3 Å². The Labute approximate surface area is 184 Å². The van der Waals surface area contributed by atoms with Crippen molar-refractivity contribution >= 4 is 40.1 Å². The summed E-state index contributed by atoms with van der Waals surface area (Å²) in [6.07, 6.45) is 2.62. The molecule has 0 aliphatic carbocycles. The van der Waals surface area contributed by atoms with E-state index in [-0.39, 0.29) is 16.6 Å². The van der Waals surface area contributed by atoms with Gasteiger partial charge in [0.1, 0.15) is 17.2 Å². The number of aromatic nitrogens is 3. The molecule has 3 N–H and O–H groups in total. The van der Waals surface area contributed by atoms with Crippen molar-refractivity contribution in [3.63, 3.8) is 0 Å². The van der Waals surface area contributed by atoms with Gasteiger partial charge < -0.3 is 20.3 Å². The highest BCUT2D eigenvalue weighted by atomic mass is 35.5. The molecule has 0 amide bonds. The van der Waals surface area contributed by atoms with Gasteiger partial charge in [-0.25, -0.2) is 14.4 Å². The molecule has 1 fully saturated rings. The van der Waals surface area contributed by atoms with Gasteiger partial charge in [-0.2, -0.15) is 0 Å². The Kier molecular flexibility index (Phi) is 5.66. The maximum absolute atomic E-state index is 14.9. The molecule has 1 aliphatic heterocycles. The number of H-pyrrole nitrogens is 1. The summed E-state index contributed by atoms with van der Waals surface area (Å²) in [5.74, 6) is 0.135. The van der Waals surface area contributed by atoms with Crippen molar-refractivity contribution < 1.29 is 9.50 Å². The lowest BCUT2D eigenvalue weighted by Crippen LogP contribution is -2.68. The van der Waals surface area contributed by atoms with Crippen LogP contribution in [-0.2, 0) is 0 Å². The smallest absolute Gasteiger partial charge is 0.151 e. The van der Waals surface area contributed by atoms with Crippen molar-refractivity contribution in [1.82, 2.24) is 20.3 Å². The number of halogens is 3. The number of hydrogen-bond acceptors (Lipinski definition) is 5. The number of fused-ring (bicyclic) bond motifs is 1. The minimum Gasteiger partial charge on any atom is -0.391 e. The van der Waals surface area contributed by atoms with Gasteiger partial charge in [0.2, 0.25) is 0 Å². The number of piperazine rings is 1. The second-order valence-corrected chi connectivity index (χ2v) is 8.94. The molecule has 4 rings (SSSR count). The van der Waals surface area contributed by atoms with Crippen LogP contribution in [0.2, 0.25) is 10.0 Å². The fourth-order valence-electron chi connectivity index (χ4n) is 4.25. The number of pyridine rings is 2. The van der Waals surface area contributed by atoms with Crippen molar-refractivity contribution in [2.24, 2.45) is 5.92 Å². The van der Waals surface area contributed by atoms with Crippen molar-refractivity contribution in [2.45, 2.75) is 32.4 Å². The summed E-state index contributed by atoms with van der Waals surface area (Å²) in [7, 11) is 0. The molecule has 9 heteroatoms. The SMILES string of the molecule is CC(C)[C@]1([C@H](C)O)CN(c2nc(-c3c[nH]c4ncc(Cl)cc34)c(F)cc2Cl)CCN1. The summed E-state index contributed by atoms with van der Waals surface area (Å²) in [5, 5.41) is 15.3. The van der Waals surface area contributed by atoms with Crippen LogP contribution in [0.1, 0.15) is 20.8 Å². The molecule has 0 unspecified atom stereocenters. The minimum absolute atomic E-state index is 0.167. The summed E-state index contributed by atoms with van der Waals surface area (Å²) in [5.41, 5.74) is 0.824. The van der Waals surface area contributed by atoms with Gasteiger partial charge in [0.15, 0.2) is 5.82 Å². The van der Waals surface area contributed by atoms with Crippen LogP contribution in [0.5, 0.6) is 0 Å². The molecule has 6 nitrogen and oxygen atoms in total. The lowest BCUT2D eigenvalue weighted by Gasteiger charge is -2.48. The zero-order valence-electron chi connectivity index (χ0n) is 17.0. The second kappa shape index (κ2) is 7.96. The quantitative estimate of drug-likeness (QED) is 0.552. The van der Waals surface area contributed by atoms with Crippen molar-refractivity contribution in [2.75, 3.05) is 24.5 Å². The highest BCUT2D eigenvalue weighted by Crippen LogP contribution is 2.36. The van der Waals surface area contributed by atoms with Crippen LogP contribution in [0.4, 0.5) is 10.2 Å². The van der Waals surface area contributed by atoms with Crippen LogP contribution in [-0.4, -0.2) is 51.3 Å². The molecule has 0 radical (unpaired) electrons. The monoisotopic (exact) mass is 451 g/mol. The largest absolute Gasteiger partial charge is 0.391 e. The summed E-state index contributed by atoms with van der Waals surface area (Å²) < 4.78 is 14.9. The van der Waals surface area contributed by atoms with Crippen LogP contribution in [0, 0.1) is 11.7 Å². The molecule has 30 heavy (non-hydrogen) atoms. The normalized spacial score (nSPS) is 20.9. The molecule has 1 saturated heterocycles. The number of nitrogens with zero attached hydrogens (tertiary/aromatic N) is 3. The lowest BCUT2D eigenvalue weighted by atomic mass is 9.80.